The molecule has 0 amide bonds. The molecule has 194 valence electrons. The molecule has 0 saturated carbocycles. The highest BCUT2D eigenvalue weighted by molar-refractivity contribution is 6.11. The molecule has 0 N–H and O–H groups in total. The lowest BCUT2D eigenvalue weighted by atomic mass is 9.96. The Morgan fingerprint density at radius 1 is 0.429 bits per heavy atom. The van der Waals surface area contributed by atoms with Crippen LogP contribution >= 0.6 is 0 Å². The molecule has 0 aliphatic heterocycles. The number of hydrogen-bond donors (Lipinski definition) is 0. The summed E-state index contributed by atoms with van der Waals surface area (Å²) in [6.45, 7) is 0. The minimum atomic E-state index is 0.451. The lowest BCUT2D eigenvalue weighted by Crippen LogP contribution is -2.03. The molecule has 0 aliphatic rings. The molecule has 2 aromatic heterocycles. The lowest BCUT2D eigenvalue weighted by Gasteiger charge is -2.17. The van der Waals surface area contributed by atoms with Crippen molar-refractivity contribution in [3.63, 3.8) is 0 Å². The molecule has 8 rings (SSSR count). The van der Waals surface area contributed by atoms with Gasteiger partial charge in [-0.15, -0.1) is 0 Å². The number of hydrogen-bond acceptors (Lipinski definition) is 2. The van der Waals surface area contributed by atoms with E-state index in [9.17, 15) is 10.5 Å². The fraction of sp³-hybridized carbons (Fsp3) is 0. The van der Waals surface area contributed by atoms with E-state index in [0.29, 0.717) is 16.8 Å². The average Bonchev–Trinajstić information content (AvgIpc) is 3.57. The third-order valence-electron chi connectivity index (χ3n) is 8.19. The summed E-state index contributed by atoms with van der Waals surface area (Å²) in [5, 5.41) is 25.6. The van der Waals surface area contributed by atoms with Crippen molar-refractivity contribution in [3.05, 3.63) is 145 Å². The van der Waals surface area contributed by atoms with Crippen LogP contribution in [0, 0.1) is 22.7 Å². The molecule has 4 heteroatoms. The van der Waals surface area contributed by atoms with E-state index in [2.05, 4.69) is 94.1 Å². The van der Waals surface area contributed by atoms with Crippen molar-refractivity contribution in [1.29, 1.82) is 10.5 Å². The Labute approximate surface area is 242 Å². The van der Waals surface area contributed by atoms with Gasteiger partial charge in [0.15, 0.2) is 0 Å². The molecular weight excluding hydrogens is 512 g/mol. The minimum Gasteiger partial charge on any atom is -0.309 e. The van der Waals surface area contributed by atoms with Crippen molar-refractivity contribution in [2.24, 2.45) is 0 Å². The first-order valence-corrected chi connectivity index (χ1v) is 13.8. The number of rotatable bonds is 3. The first kappa shape index (κ1) is 23.8. The molecule has 0 spiro atoms. The van der Waals surface area contributed by atoms with Gasteiger partial charge < -0.3 is 9.13 Å². The van der Waals surface area contributed by atoms with Gasteiger partial charge in [0.25, 0.3) is 0 Å². The Morgan fingerprint density at radius 3 is 1.26 bits per heavy atom. The molecule has 0 aliphatic carbocycles. The molecular formula is C38H22N4. The largest absolute Gasteiger partial charge is 0.309 e. The van der Waals surface area contributed by atoms with Crippen LogP contribution < -0.4 is 0 Å². The zero-order valence-electron chi connectivity index (χ0n) is 22.5. The van der Waals surface area contributed by atoms with Crippen LogP contribution in [0.3, 0.4) is 0 Å². The van der Waals surface area contributed by atoms with Gasteiger partial charge in [-0.25, -0.2) is 0 Å². The summed E-state index contributed by atoms with van der Waals surface area (Å²) in [6, 6.07) is 50.0. The number of aromatic nitrogens is 2. The second-order valence-corrected chi connectivity index (χ2v) is 10.4. The van der Waals surface area contributed by atoms with Crippen molar-refractivity contribution < 1.29 is 0 Å². The zero-order chi connectivity index (χ0) is 28.2. The fourth-order valence-corrected chi connectivity index (χ4v) is 6.46. The van der Waals surface area contributed by atoms with Crippen molar-refractivity contribution in [1.82, 2.24) is 9.13 Å². The second kappa shape index (κ2) is 9.24. The zero-order valence-corrected chi connectivity index (χ0v) is 22.5. The highest BCUT2D eigenvalue weighted by Crippen LogP contribution is 2.39. The summed E-state index contributed by atoms with van der Waals surface area (Å²) in [4.78, 5) is 0. The van der Waals surface area contributed by atoms with Gasteiger partial charge in [0.1, 0.15) is 12.1 Å². The lowest BCUT2D eigenvalue weighted by molar-refractivity contribution is 1.15. The van der Waals surface area contributed by atoms with Gasteiger partial charge in [0, 0.05) is 27.1 Å². The van der Waals surface area contributed by atoms with Crippen LogP contribution in [0.5, 0.6) is 0 Å². The fourth-order valence-electron chi connectivity index (χ4n) is 6.46. The summed E-state index contributed by atoms with van der Waals surface area (Å²) in [6.07, 6.45) is 0. The van der Waals surface area contributed by atoms with E-state index in [1.807, 2.05) is 60.7 Å². The third kappa shape index (κ3) is 3.33. The van der Waals surface area contributed by atoms with Gasteiger partial charge in [-0.2, -0.15) is 10.5 Å². The van der Waals surface area contributed by atoms with Gasteiger partial charge in [-0.3, -0.25) is 0 Å². The molecule has 8 aromatic rings. The summed E-state index contributed by atoms with van der Waals surface area (Å²) < 4.78 is 4.34. The number of nitrogens with zero attached hydrogens (tertiary/aromatic N) is 4. The first-order chi connectivity index (χ1) is 20.8. The van der Waals surface area contributed by atoms with Crippen LogP contribution in [0.4, 0.5) is 0 Å². The van der Waals surface area contributed by atoms with Gasteiger partial charge in [-0.1, -0.05) is 91.0 Å². The van der Waals surface area contributed by atoms with Gasteiger partial charge in [0.2, 0.25) is 0 Å². The smallest absolute Gasteiger partial charge is 0.101 e. The minimum absolute atomic E-state index is 0.451. The van der Waals surface area contributed by atoms with Gasteiger partial charge in [0.05, 0.1) is 44.6 Å². The molecule has 0 unspecified atom stereocenters. The molecule has 42 heavy (non-hydrogen) atoms. The maximum atomic E-state index is 10.5. The van der Waals surface area contributed by atoms with E-state index in [1.54, 1.807) is 0 Å². The van der Waals surface area contributed by atoms with Crippen molar-refractivity contribution in [3.8, 4) is 34.6 Å². The van der Waals surface area contributed by atoms with E-state index in [-0.39, 0.29) is 0 Å². The Kier molecular flexibility index (Phi) is 5.22. The molecule has 0 atom stereocenters. The SMILES string of the molecule is N#Cc1cc(-c2ccccc2-n2c3ccccc3c3ccccc32)cc(C#N)c1-n1c2ccccc2c2ccccc21. The normalized spacial score (nSPS) is 11.3. The van der Waals surface area contributed by atoms with E-state index in [0.717, 1.165) is 49.7 Å². The molecule has 0 fully saturated rings. The number of benzene rings is 6. The van der Waals surface area contributed by atoms with Crippen LogP contribution in [0.25, 0.3) is 66.1 Å². The molecule has 2 heterocycles. The molecule has 0 radical (unpaired) electrons. The Hall–Kier alpha value is -6.10. The Balaban J connectivity index is 1.42. The van der Waals surface area contributed by atoms with Crippen LogP contribution in [0.2, 0.25) is 0 Å². The molecule has 4 nitrogen and oxygen atoms in total. The molecule has 0 saturated heterocycles. The first-order valence-electron chi connectivity index (χ1n) is 13.8. The number of fused-ring (bicyclic) bond motifs is 6. The number of para-hydroxylation sites is 5. The van der Waals surface area contributed by atoms with Crippen LogP contribution in [0.1, 0.15) is 11.1 Å². The van der Waals surface area contributed by atoms with E-state index in [1.165, 1.54) is 10.8 Å². The summed E-state index contributed by atoms with van der Waals surface area (Å²) in [5.74, 6) is 0. The van der Waals surface area contributed by atoms with E-state index in [4.69, 9.17) is 0 Å². The highest BCUT2D eigenvalue weighted by atomic mass is 15.0. The number of nitriles is 2. The maximum Gasteiger partial charge on any atom is 0.101 e. The standard InChI is InChI=1S/C38H22N4/c39-23-26-21-25(22-27(24-40)38(26)42-36-19-9-4-14-31(36)32-15-5-10-20-37(32)42)28-11-1-6-16-33(28)41-34-17-7-2-12-29(34)30-13-3-8-18-35(30)41/h1-22H. The third-order valence-corrected chi connectivity index (χ3v) is 8.19. The van der Waals surface area contributed by atoms with Crippen LogP contribution in [-0.4, -0.2) is 9.13 Å². The quantitative estimate of drug-likeness (QED) is 0.227. The molecule has 0 bridgehead atoms. The Bertz CT molecular complexity index is 2300. The van der Waals surface area contributed by atoms with E-state index < -0.39 is 0 Å². The topological polar surface area (TPSA) is 57.4 Å². The van der Waals surface area contributed by atoms with Gasteiger partial charge >= 0.3 is 0 Å². The van der Waals surface area contributed by atoms with Gasteiger partial charge in [-0.05, 0) is 48.0 Å². The highest BCUT2D eigenvalue weighted by Gasteiger charge is 2.21. The molecule has 6 aromatic carbocycles. The monoisotopic (exact) mass is 534 g/mol. The van der Waals surface area contributed by atoms with Crippen molar-refractivity contribution >= 4 is 43.6 Å². The predicted molar refractivity (Wildman–Crippen MR) is 170 cm³/mol. The average molecular weight is 535 g/mol. The van der Waals surface area contributed by atoms with Crippen LogP contribution in [0.15, 0.2) is 133 Å². The Morgan fingerprint density at radius 2 is 0.810 bits per heavy atom. The summed E-state index contributed by atoms with van der Waals surface area (Å²) in [5.41, 5.74) is 8.41. The van der Waals surface area contributed by atoms with Crippen molar-refractivity contribution in [2.45, 2.75) is 0 Å². The van der Waals surface area contributed by atoms with Crippen LogP contribution in [-0.2, 0) is 0 Å². The predicted octanol–water partition coefficient (Wildman–Crippen LogP) is 9.29. The van der Waals surface area contributed by atoms with Crippen molar-refractivity contribution in [2.75, 3.05) is 0 Å². The second-order valence-electron chi connectivity index (χ2n) is 10.4. The summed E-state index contributed by atoms with van der Waals surface area (Å²) in [7, 11) is 0. The maximum absolute atomic E-state index is 10.5. The van der Waals surface area contributed by atoms with E-state index >= 15 is 0 Å². The summed E-state index contributed by atoms with van der Waals surface area (Å²) >= 11 is 0.